The van der Waals surface area contributed by atoms with Crippen LogP contribution in [-0.4, -0.2) is 69.4 Å². The van der Waals surface area contributed by atoms with Crippen molar-refractivity contribution in [2.45, 2.75) is 45.1 Å². The Morgan fingerprint density at radius 1 is 1.08 bits per heavy atom. The third-order valence-corrected chi connectivity index (χ3v) is 6.18. The van der Waals surface area contributed by atoms with Crippen molar-refractivity contribution in [2.75, 3.05) is 40.6 Å². The van der Waals surface area contributed by atoms with Crippen molar-refractivity contribution in [1.29, 1.82) is 0 Å². The van der Waals surface area contributed by atoms with E-state index in [0.717, 1.165) is 23.6 Å². The van der Waals surface area contributed by atoms with Crippen LogP contribution in [0.5, 0.6) is 5.75 Å². The lowest BCUT2D eigenvalue weighted by atomic mass is 10.1. The van der Waals surface area contributed by atoms with Gasteiger partial charge < -0.3 is 29.0 Å². The van der Waals surface area contributed by atoms with E-state index in [4.69, 9.17) is 23.7 Å². The largest absolute Gasteiger partial charge is 0.496 e. The number of para-hydroxylation sites is 1. The van der Waals surface area contributed by atoms with Crippen LogP contribution < -0.4 is 14.6 Å². The fourth-order valence-corrected chi connectivity index (χ4v) is 4.10. The van der Waals surface area contributed by atoms with Crippen LogP contribution in [0, 0.1) is 0 Å². The smallest absolute Gasteiger partial charge is 0.416 e. The van der Waals surface area contributed by atoms with Crippen LogP contribution in [0.15, 0.2) is 48.7 Å². The number of methoxy groups -OCH3 is 2. The fraction of sp³-hybridized carbons (Fsp3) is 0.481. The van der Waals surface area contributed by atoms with Crippen LogP contribution in [0.2, 0.25) is 0 Å². The van der Waals surface area contributed by atoms with Crippen molar-refractivity contribution < 1.29 is 42.6 Å². The Morgan fingerprint density at radius 2 is 1.84 bits per heavy atom. The number of hydrogen-bond acceptors (Lipinski definition) is 8. The first-order valence-electron chi connectivity index (χ1n) is 12.6. The van der Waals surface area contributed by atoms with Gasteiger partial charge in [0.25, 0.3) is 5.91 Å². The lowest BCUT2D eigenvalue weighted by Gasteiger charge is -2.32. The lowest BCUT2D eigenvalue weighted by Crippen LogP contribution is -2.49. The first-order valence-corrected chi connectivity index (χ1v) is 12.6. The van der Waals surface area contributed by atoms with Crippen molar-refractivity contribution in [3.05, 3.63) is 59.9 Å². The SMILES string of the molecule is CC[n+]1ccccc1CNC(=O)OCCCOC(=O)N(CC1(OC)CCCO1)C(=O)c1ccccc1OC. The Hall–Kier alpha value is -3.70. The molecule has 1 fully saturated rings. The Kier molecular flexibility index (Phi) is 10.9. The third-order valence-electron chi connectivity index (χ3n) is 6.18. The Morgan fingerprint density at radius 3 is 2.55 bits per heavy atom. The Labute approximate surface area is 222 Å². The number of hydrogen-bond donors (Lipinski definition) is 1. The average Bonchev–Trinajstić information content (AvgIpc) is 3.43. The van der Waals surface area contributed by atoms with E-state index in [1.54, 1.807) is 24.3 Å². The van der Waals surface area contributed by atoms with Crippen LogP contribution in [0.3, 0.4) is 0 Å². The predicted molar refractivity (Wildman–Crippen MR) is 135 cm³/mol. The molecule has 1 atom stereocenters. The number of rotatable bonds is 12. The van der Waals surface area contributed by atoms with Crippen LogP contribution in [0.4, 0.5) is 9.59 Å². The van der Waals surface area contributed by atoms with Gasteiger partial charge in [0.05, 0.1) is 39.0 Å². The van der Waals surface area contributed by atoms with E-state index < -0.39 is 23.9 Å². The van der Waals surface area contributed by atoms with Gasteiger partial charge >= 0.3 is 12.2 Å². The van der Waals surface area contributed by atoms with Crippen molar-refractivity contribution in [1.82, 2.24) is 10.2 Å². The second-order valence-electron chi connectivity index (χ2n) is 8.59. The summed E-state index contributed by atoms with van der Waals surface area (Å²) in [5.41, 5.74) is 1.15. The number of aromatic nitrogens is 1. The molecule has 2 aromatic rings. The monoisotopic (exact) mass is 530 g/mol. The highest BCUT2D eigenvalue weighted by Gasteiger charge is 2.41. The molecular formula is C27H36N3O8+. The molecule has 2 heterocycles. The normalized spacial score (nSPS) is 16.5. The van der Waals surface area contributed by atoms with E-state index in [9.17, 15) is 14.4 Å². The van der Waals surface area contributed by atoms with Crippen molar-refractivity contribution >= 4 is 18.1 Å². The minimum atomic E-state index is -1.10. The molecule has 1 N–H and O–H groups in total. The minimum absolute atomic E-state index is 0.0350. The second-order valence-corrected chi connectivity index (χ2v) is 8.59. The molecule has 0 spiro atoms. The van der Waals surface area contributed by atoms with Crippen molar-refractivity contribution in [3.8, 4) is 5.75 Å². The molecule has 1 aromatic heterocycles. The summed E-state index contributed by atoms with van der Waals surface area (Å²) in [6.45, 7) is 3.42. The lowest BCUT2D eigenvalue weighted by molar-refractivity contribution is -0.701. The molecule has 1 aliphatic rings. The number of nitrogens with one attached hydrogen (secondary N) is 1. The van der Waals surface area contributed by atoms with Gasteiger partial charge in [-0.05, 0) is 25.5 Å². The number of nitrogens with zero attached hydrogens (tertiary/aromatic N) is 2. The summed E-state index contributed by atoms with van der Waals surface area (Å²) >= 11 is 0. The highest BCUT2D eigenvalue weighted by molar-refractivity contribution is 6.04. The second kappa shape index (κ2) is 14.3. The standard InChI is InChI=1S/C27H35N3O8/c1-4-29-15-8-7-11-21(29)19-28-25(32)36-16-10-17-37-26(33)30(20-27(35-3)14-9-18-38-27)24(31)22-12-5-6-13-23(22)34-2/h5-8,11-13,15H,4,9-10,14,16-20H2,1-3H3/p+1. The quantitative estimate of drug-likeness (QED) is 0.329. The van der Waals surface area contributed by atoms with E-state index in [-0.39, 0.29) is 31.7 Å². The van der Waals surface area contributed by atoms with E-state index in [1.807, 2.05) is 35.9 Å². The minimum Gasteiger partial charge on any atom is -0.496 e. The van der Waals surface area contributed by atoms with Gasteiger partial charge in [-0.15, -0.1) is 0 Å². The molecule has 0 saturated carbocycles. The maximum Gasteiger partial charge on any atom is 0.416 e. The topological polar surface area (TPSA) is 117 Å². The summed E-state index contributed by atoms with van der Waals surface area (Å²) in [6.07, 6.45) is 2.02. The van der Waals surface area contributed by atoms with Gasteiger partial charge in [-0.25, -0.2) is 19.1 Å². The van der Waals surface area contributed by atoms with E-state index in [1.165, 1.54) is 14.2 Å². The van der Waals surface area contributed by atoms with Gasteiger partial charge in [-0.2, -0.15) is 0 Å². The van der Waals surface area contributed by atoms with Crippen molar-refractivity contribution in [3.63, 3.8) is 0 Å². The molecule has 206 valence electrons. The summed E-state index contributed by atoms with van der Waals surface area (Å²) in [7, 11) is 2.92. The number of imide groups is 1. The molecule has 11 heteroatoms. The van der Waals surface area contributed by atoms with Crippen LogP contribution in [0.25, 0.3) is 0 Å². The van der Waals surface area contributed by atoms with Crippen LogP contribution in [-0.2, 0) is 32.0 Å². The van der Waals surface area contributed by atoms with E-state index in [2.05, 4.69) is 5.32 Å². The zero-order chi connectivity index (χ0) is 27.4. The Bertz CT molecular complexity index is 1090. The molecular weight excluding hydrogens is 494 g/mol. The van der Waals surface area contributed by atoms with Gasteiger partial charge in [0.1, 0.15) is 18.8 Å². The number of amides is 3. The molecule has 3 rings (SSSR count). The van der Waals surface area contributed by atoms with Crippen molar-refractivity contribution in [2.24, 2.45) is 0 Å². The maximum atomic E-state index is 13.4. The van der Waals surface area contributed by atoms with Crippen LogP contribution >= 0.6 is 0 Å². The zero-order valence-electron chi connectivity index (χ0n) is 22.1. The summed E-state index contributed by atoms with van der Waals surface area (Å²) in [4.78, 5) is 39.4. The molecule has 1 aromatic carbocycles. The highest BCUT2D eigenvalue weighted by atomic mass is 16.7. The number of ether oxygens (including phenoxy) is 5. The van der Waals surface area contributed by atoms with E-state index in [0.29, 0.717) is 25.3 Å². The third kappa shape index (κ3) is 7.65. The summed E-state index contributed by atoms with van der Waals surface area (Å²) in [6, 6.07) is 12.4. The summed E-state index contributed by atoms with van der Waals surface area (Å²) in [5, 5.41) is 2.70. The first-order chi connectivity index (χ1) is 18.4. The molecule has 38 heavy (non-hydrogen) atoms. The van der Waals surface area contributed by atoms with Gasteiger partial charge in [0, 0.05) is 32.1 Å². The molecule has 0 radical (unpaired) electrons. The zero-order valence-corrected chi connectivity index (χ0v) is 22.1. The van der Waals surface area contributed by atoms with Gasteiger partial charge in [-0.3, -0.25) is 4.79 Å². The number of carbonyl (C=O) groups excluding carboxylic acids is 3. The molecule has 1 unspecified atom stereocenters. The molecule has 3 amide bonds. The van der Waals surface area contributed by atoms with Gasteiger partial charge in [-0.1, -0.05) is 18.2 Å². The summed E-state index contributed by atoms with van der Waals surface area (Å²) < 4.78 is 29.1. The molecule has 0 aliphatic carbocycles. The predicted octanol–water partition coefficient (Wildman–Crippen LogP) is 3.05. The maximum absolute atomic E-state index is 13.4. The number of aryl methyl sites for hydroxylation is 1. The average molecular weight is 531 g/mol. The Balaban J connectivity index is 1.53. The first kappa shape index (κ1) is 28.9. The molecule has 0 bridgehead atoms. The van der Waals surface area contributed by atoms with E-state index >= 15 is 0 Å². The number of benzene rings is 1. The molecule has 1 saturated heterocycles. The fourth-order valence-electron chi connectivity index (χ4n) is 4.10. The van der Waals surface area contributed by atoms with Crippen LogP contribution in [0.1, 0.15) is 42.2 Å². The molecule has 1 aliphatic heterocycles. The highest BCUT2D eigenvalue weighted by Crippen LogP contribution is 2.29. The van der Waals surface area contributed by atoms with Gasteiger partial charge in [0.2, 0.25) is 5.69 Å². The number of alkyl carbamates (subject to hydrolysis) is 1. The summed E-state index contributed by atoms with van der Waals surface area (Å²) in [5.74, 6) is -1.37. The molecule has 11 nitrogen and oxygen atoms in total. The van der Waals surface area contributed by atoms with Gasteiger partial charge in [0.15, 0.2) is 12.0 Å². The number of carbonyl (C=O) groups is 3. The number of pyridine rings is 1.